The van der Waals surface area contributed by atoms with Gasteiger partial charge in [-0.1, -0.05) is 34.1 Å². The molecule has 1 aliphatic heterocycles. The minimum Gasteiger partial charge on any atom is -0.331 e. The summed E-state index contributed by atoms with van der Waals surface area (Å²) in [4.78, 5) is 19.3. The van der Waals surface area contributed by atoms with Crippen LogP contribution in [-0.4, -0.2) is 22.0 Å². The SMILES string of the molecule is Cc1c(Br)cccc1N1C[C@@H](c2nc3ccccc3n2C)CC1=O. The second-order valence-corrected chi connectivity index (χ2v) is 7.16. The molecule has 1 fully saturated rings. The van der Waals surface area contributed by atoms with E-state index >= 15 is 0 Å². The number of anilines is 1. The normalized spacial score (nSPS) is 17.9. The number of hydrogen-bond acceptors (Lipinski definition) is 2. The van der Waals surface area contributed by atoms with Gasteiger partial charge in [0.15, 0.2) is 0 Å². The number of aromatic nitrogens is 2. The van der Waals surface area contributed by atoms with Crippen LogP contribution in [0.25, 0.3) is 11.0 Å². The Bertz CT molecular complexity index is 947. The van der Waals surface area contributed by atoms with Crippen molar-refractivity contribution in [3.63, 3.8) is 0 Å². The number of halogens is 1. The first-order chi connectivity index (χ1) is 11.6. The molecule has 0 unspecified atom stereocenters. The topological polar surface area (TPSA) is 38.1 Å². The predicted molar refractivity (Wildman–Crippen MR) is 99.3 cm³/mol. The molecule has 1 aliphatic rings. The number of benzene rings is 2. The van der Waals surface area contributed by atoms with Crippen molar-refractivity contribution in [2.24, 2.45) is 7.05 Å². The van der Waals surface area contributed by atoms with Gasteiger partial charge >= 0.3 is 0 Å². The zero-order chi connectivity index (χ0) is 16.8. The number of imidazole rings is 1. The maximum absolute atomic E-state index is 12.6. The summed E-state index contributed by atoms with van der Waals surface area (Å²) in [6.45, 7) is 2.71. The van der Waals surface area contributed by atoms with Gasteiger partial charge in [-0.25, -0.2) is 4.98 Å². The molecule has 0 spiro atoms. The van der Waals surface area contributed by atoms with Gasteiger partial charge in [0.05, 0.1) is 11.0 Å². The summed E-state index contributed by atoms with van der Waals surface area (Å²) in [7, 11) is 2.03. The lowest BCUT2D eigenvalue weighted by Crippen LogP contribution is -2.25. The minimum atomic E-state index is 0.119. The van der Waals surface area contributed by atoms with E-state index in [1.54, 1.807) is 0 Å². The van der Waals surface area contributed by atoms with Crippen molar-refractivity contribution in [3.8, 4) is 0 Å². The maximum atomic E-state index is 12.6. The first kappa shape index (κ1) is 15.4. The molecule has 0 N–H and O–H groups in total. The average molecular weight is 384 g/mol. The molecule has 3 aromatic rings. The van der Waals surface area contributed by atoms with Crippen LogP contribution in [0.3, 0.4) is 0 Å². The van der Waals surface area contributed by atoms with Gasteiger partial charge in [0.2, 0.25) is 5.91 Å². The van der Waals surface area contributed by atoms with Crippen molar-refractivity contribution < 1.29 is 4.79 Å². The van der Waals surface area contributed by atoms with Crippen LogP contribution >= 0.6 is 15.9 Å². The lowest BCUT2D eigenvalue weighted by Gasteiger charge is -2.19. The molecule has 1 atom stereocenters. The summed E-state index contributed by atoms with van der Waals surface area (Å²) in [5, 5.41) is 0. The highest BCUT2D eigenvalue weighted by molar-refractivity contribution is 9.10. The fraction of sp³-hybridized carbons (Fsp3) is 0.263. The molecule has 0 radical (unpaired) electrons. The van der Waals surface area contributed by atoms with Crippen molar-refractivity contribution in [2.75, 3.05) is 11.4 Å². The number of nitrogens with zero attached hydrogens (tertiary/aromatic N) is 3. The van der Waals surface area contributed by atoms with Gasteiger partial charge in [-0.3, -0.25) is 4.79 Å². The van der Waals surface area contributed by atoms with Crippen LogP contribution in [0.15, 0.2) is 46.9 Å². The molecule has 0 bridgehead atoms. The smallest absolute Gasteiger partial charge is 0.227 e. The number of hydrogen-bond donors (Lipinski definition) is 0. The molecule has 4 rings (SSSR count). The average Bonchev–Trinajstić information content (AvgIpc) is 3.11. The summed E-state index contributed by atoms with van der Waals surface area (Å²) in [5.74, 6) is 1.27. The third-order valence-electron chi connectivity index (χ3n) is 4.84. The zero-order valence-electron chi connectivity index (χ0n) is 13.7. The highest BCUT2D eigenvalue weighted by Gasteiger charge is 2.35. The first-order valence-corrected chi connectivity index (χ1v) is 8.82. The van der Waals surface area contributed by atoms with Crippen LogP contribution < -0.4 is 4.90 Å². The minimum absolute atomic E-state index is 0.119. The fourth-order valence-electron chi connectivity index (χ4n) is 3.53. The summed E-state index contributed by atoms with van der Waals surface area (Å²) < 4.78 is 3.14. The molecule has 1 amide bonds. The van der Waals surface area contributed by atoms with Crippen molar-refractivity contribution in [1.82, 2.24) is 9.55 Å². The van der Waals surface area contributed by atoms with Gasteiger partial charge < -0.3 is 9.47 Å². The van der Waals surface area contributed by atoms with E-state index in [2.05, 4.69) is 26.6 Å². The molecule has 0 aliphatic carbocycles. The van der Waals surface area contributed by atoms with Gasteiger partial charge in [-0.2, -0.15) is 0 Å². The summed E-state index contributed by atoms with van der Waals surface area (Å²) in [6, 6.07) is 14.1. The monoisotopic (exact) mass is 383 g/mol. The Labute approximate surface area is 149 Å². The van der Waals surface area contributed by atoms with Crippen molar-refractivity contribution >= 4 is 38.6 Å². The Morgan fingerprint density at radius 1 is 1.17 bits per heavy atom. The predicted octanol–water partition coefficient (Wildman–Crippen LogP) is 4.16. The van der Waals surface area contributed by atoms with E-state index in [9.17, 15) is 4.79 Å². The van der Waals surface area contributed by atoms with Gasteiger partial charge in [-0.15, -0.1) is 0 Å². The Balaban J connectivity index is 1.71. The number of carbonyl (C=O) groups is 1. The standard InChI is InChI=1S/C19H18BrN3O/c1-12-14(20)6-5-9-16(12)23-11-13(10-18(23)24)19-21-15-7-3-4-8-17(15)22(19)2/h3-9,13H,10-11H2,1-2H3/t13-/m0/s1. The molecular weight excluding hydrogens is 366 g/mol. The maximum Gasteiger partial charge on any atom is 0.227 e. The largest absolute Gasteiger partial charge is 0.331 e. The number of rotatable bonds is 2. The molecule has 2 heterocycles. The molecule has 24 heavy (non-hydrogen) atoms. The molecule has 122 valence electrons. The highest BCUT2D eigenvalue weighted by atomic mass is 79.9. The Morgan fingerprint density at radius 3 is 2.75 bits per heavy atom. The molecule has 5 heteroatoms. The fourth-order valence-corrected chi connectivity index (χ4v) is 3.89. The van der Waals surface area contributed by atoms with Crippen molar-refractivity contribution in [2.45, 2.75) is 19.3 Å². The van der Waals surface area contributed by atoms with E-state index in [4.69, 9.17) is 4.98 Å². The summed E-state index contributed by atoms with van der Waals surface area (Å²) in [6.07, 6.45) is 0.503. The van der Waals surface area contributed by atoms with Gasteiger partial charge in [0, 0.05) is 36.1 Å². The van der Waals surface area contributed by atoms with Crippen LogP contribution in [0, 0.1) is 6.92 Å². The lowest BCUT2D eigenvalue weighted by atomic mass is 10.1. The number of aryl methyl sites for hydroxylation is 1. The van der Waals surface area contributed by atoms with Crippen LogP contribution in [-0.2, 0) is 11.8 Å². The summed E-state index contributed by atoms with van der Waals surface area (Å²) in [5.41, 5.74) is 4.17. The van der Waals surface area contributed by atoms with Crippen LogP contribution in [0.1, 0.15) is 23.7 Å². The molecule has 0 saturated carbocycles. The Hall–Kier alpha value is -2.14. The Kier molecular flexibility index (Phi) is 3.68. The first-order valence-electron chi connectivity index (χ1n) is 8.03. The number of amides is 1. The quantitative estimate of drug-likeness (QED) is 0.665. The highest BCUT2D eigenvalue weighted by Crippen LogP contribution is 2.35. The lowest BCUT2D eigenvalue weighted by molar-refractivity contribution is -0.117. The number of para-hydroxylation sites is 2. The van der Waals surface area contributed by atoms with Crippen LogP contribution in [0.2, 0.25) is 0 Å². The van der Waals surface area contributed by atoms with E-state index < -0.39 is 0 Å². The van der Waals surface area contributed by atoms with Crippen molar-refractivity contribution in [1.29, 1.82) is 0 Å². The second kappa shape index (κ2) is 5.74. The number of carbonyl (C=O) groups excluding carboxylic acids is 1. The van der Waals surface area contributed by atoms with E-state index in [1.807, 2.05) is 55.3 Å². The van der Waals surface area contributed by atoms with E-state index in [-0.39, 0.29) is 11.8 Å². The Morgan fingerprint density at radius 2 is 1.96 bits per heavy atom. The molecule has 4 nitrogen and oxygen atoms in total. The molecule has 1 aromatic heterocycles. The third kappa shape index (κ3) is 2.35. The van der Waals surface area contributed by atoms with E-state index in [0.29, 0.717) is 13.0 Å². The van der Waals surface area contributed by atoms with Gasteiger partial charge in [0.25, 0.3) is 0 Å². The van der Waals surface area contributed by atoms with Gasteiger partial charge in [-0.05, 0) is 36.8 Å². The zero-order valence-corrected chi connectivity index (χ0v) is 15.2. The van der Waals surface area contributed by atoms with Crippen molar-refractivity contribution in [3.05, 3.63) is 58.3 Å². The van der Waals surface area contributed by atoms with E-state index in [0.717, 1.165) is 32.6 Å². The van der Waals surface area contributed by atoms with Crippen LogP contribution in [0.4, 0.5) is 5.69 Å². The van der Waals surface area contributed by atoms with E-state index in [1.165, 1.54) is 0 Å². The second-order valence-electron chi connectivity index (χ2n) is 6.31. The number of fused-ring (bicyclic) bond motifs is 1. The molecule has 1 saturated heterocycles. The van der Waals surface area contributed by atoms with Gasteiger partial charge in [0.1, 0.15) is 5.82 Å². The molecule has 2 aromatic carbocycles. The summed E-state index contributed by atoms with van der Waals surface area (Å²) >= 11 is 3.55. The van der Waals surface area contributed by atoms with Crippen LogP contribution in [0.5, 0.6) is 0 Å². The third-order valence-corrected chi connectivity index (χ3v) is 5.70. The molecular formula is C19H18BrN3O.